The molecule has 438 valence electrons. The van der Waals surface area contributed by atoms with Crippen LogP contribution in [0.25, 0.3) is 44.5 Å². The van der Waals surface area contributed by atoms with Gasteiger partial charge < -0.3 is 40.9 Å². The van der Waals surface area contributed by atoms with Crippen LogP contribution in [-0.4, -0.2) is 40.4 Å². The summed E-state index contributed by atoms with van der Waals surface area (Å²) in [4.78, 5) is 15.4. The summed E-state index contributed by atoms with van der Waals surface area (Å²) in [6.45, 7) is 8.17. The fraction of sp³-hybridized carbons (Fsp3) is 0.0556. The van der Waals surface area contributed by atoms with Gasteiger partial charge in [-0.2, -0.15) is 0 Å². The third-order valence-corrected chi connectivity index (χ3v) is 11.7. The largest absolute Gasteiger partial charge is 2.00 e. The van der Waals surface area contributed by atoms with Crippen molar-refractivity contribution in [1.82, 2.24) is 19.9 Å². The molecule has 0 atom stereocenters. The van der Waals surface area contributed by atoms with E-state index in [2.05, 4.69) is 19.9 Å². The zero-order chi connectivity index (χ0) is 60.3. The minimum absolute atomic E-state index is 0. The molecule has 2 radical (unpaired) electrons. The molecule has 4 aromatic heterocycles. The Kier molecular flexibility index (Phi) is 32.0. The van der Waals surface area contributed by atoms with Gasteiger partial charge in [-0.15, -0.1) is 23.0 Å². The minimum Gasteiger partial charge on any atom is -0.872 e. The summed E-state index contributed by atoms with van der Waals surface area (Å²) < 4.78 is 0. The first kappa shape index (κ1) is 70.0. The van der Waals surface area contributed by atoms with Crippen molar-refractivity contribution in [2.75, 3.05) is 0 Å². The van der Waals surface area contributed by atoms with Crippen molar-refractivity contribution >= 4 is 0 Å². The predicted molar refractivity (Wildman–Crippen MR) is 328 cm³/mol. The molecule has 4 heterocycles. The topological polar surface area (TPSA) is 225 Å². The third-order valence-electron chi connectivity index (χ3n) is 11.7. The van der Waals surface area contributed by atoms with Crippen molar-refractivity contribution in [1.29, 1.82) is 0 Å². The number of aryl methyl sites for hydroxylation is 4. The fourth-order valence-electron chi connectivity index (χ4n) is 7.27. The molecule has 8 aromatic carbocycles. The van der Waals surface area contributed by atoms with Gasteiger partial charge >= 0.3 is 33.6 Å². The van der Waals surface area contributed by atoms with Crippen LogP contribution in [0, 0.1) is 27.7 Å². The SMILES string of the molecule is Cc1ccncc1.Cc1ccncc1.Cc1ccncc1.Cc1ccncc1.Oc1ccccc1-c1ccccc1O.Oc1ccccc1-c1ccccc1O.[Co+2].[Co+2].[O-]c1ccccc1-c1ccccc1[O-].[O-]c1ccccc1-c1ccccc1[O-]. The van der Waals surface area contributed by atoms with Crippen LogP contribution >= 0.6 is 0 Å². The standard InChI is InChI=1S/4C12H10O2.4C6H7N.2Co/c4*13-11-7-3-1-5-9(11)10-6-2-4-8-12(10)14;4*1-6-2-4-7-5-3-6;;/h4*1-8,13-14H;4*2-5H,1H3;;/q;;;;;;;;2*+2/p-4. The van der Waals surface area contributed by atoms with Crippen LogP contribution in [0.3, 0.4) is 0 Å². The summed E-state index contributed by atoms with van der Waals surface area (Å²) in [7, 11) is 0. The van der Waals surface area contributed by atoms with Gasteiger partial charge in [-0.25, -0.2) is 0 Å². The molecule has 0 bridgehead atoms. The molecule has 86 heavy (non-hydrogen) atoms. The van der Waals surface area contributed by atoms with E-state index in [-0.39, 0.29) is 79.6 Å². The van der Waals surface area contributed by atoms with Crippen LogP contribution < -0.4 is 20.4 Å². The van der Waals surface area contributed by atoms with Gasteiger partial charge in [0.05, 0.1) is 0 Å². The third kappa shape index (κ3) is 24.7. The predicted octanol–water partition coefficient (Wildman–Crippen LogP) is 14.1. The fourth-order valence-corrected chi connectivity index (χ4v) is 7.27. The molecule has 0 amide bonds. The number of phenols is 4. The summed E-state index contributed by atoms with van der Waals surface area (Å²) in [5.41, 5.74) is 9.50. The maximum absolute atomic E-state index is 11.4. The average molecular weight is 1230 g/mol. The van der Waals surface area contributed by atoms with E-state index in [0.717, 1.165) is 0 Å². The molecule has 14 heteroatoms. The van der Waals surface area contributed by atoms with Crippen molar-refractivity contribution in [3.05, 3.63) is 314 Å². The number of hydrogen-bond acceptors (Lipinski definition) is 12. The Labute approximate surface area is 523 Å². The van der Waals surface area contributed by atoms with Crippen molar-refractivity contribution < 1.29 is 74.4 Å². The van der Waals surface area contributed by atoms with Crippen molar-refractivity contribution in [2.24, 2.45) is 0 Å². The van der Waals surface area contributed by atoms with Crippen LogP contribution in [0.4, 0.5) is 0 Å². The van der Waals surface area contributed by atoms with E-state index >= 15 is 0 Å². The molecule has 0 aliphatic rings. The Morgan fingerprint density at radius 1 is 0.209 bits per heavy atom. The van der Waals surface area contributed by atoms with Gasteiger partial charge in [0.15, 0.2) is 0 Å². The molecule has 4 N–H and O–H groups in total. The number of phenolic OH excluding ortho intramolecular Hbond substituents is 4. The van der Waals surface area contributed by atoms with E-state index < -0.39 is 0 Å². The Balaban J connectivity index is 0.000000261. The van der Waals surface area contributed by atoms with E-state index in [1.54, 1.807) is 195 Å². The molecule has 0 spiro atoms. The number of pyridine rings is 4. The minimum atomic E-state index is -0.115. The van der Waals surface area contributed by atoms with Crippen molar-refractivity contribution in [3.8, 4) is 90.5 Å². The van der Waals surface area contributed by atoms with Crippen LogP contribution in [-0.2, 0) is 33.6 Å². The Morgan fingerprint density at radius 3 is 0.477 bits per heavy atom. The maximum Gasteiger partial charge on any atom is 2.00 e. The zero-order valence-corrected chi connectivity index (χ0v) is 49.7. The van der Waals surface area contributed by atoms with E-state index in [1.807, 2.05) is 100 Å². The molecule has 0 aliphatic carbocycles. The first-order chi connectivity index (χ1) is 40.7. The second-order valence-corrected chi connectivity index (χ2v) is 18.2. The molecule has 0 fully saturated rings. The average Bonchev–Trinajstić information content (AvgIpc) is 3.72. The van der Waals surface area contributed by atoms with Gasteiger partial charge in [0.25, 0.3) is 0 Å². The molecule has 0 saturated heterocycles. The number of aromatic hydroxyl groups is 4. The Morgan fingerprint density at radius 2 is 0.349 bits per heavy atom. The molecule has 0 saturated carbocycles. The summed E-state index contributed by atoms with van der Waals surface area (Å²) in [5.74, 6) is 0.240. The molecule has 0 aliphatic heterocycles. The molecule has 12 rings (SSSR count). The van der Waals surface area contributed by atoms with Gasteiger partial charge in [0.2, 0.25) is 0 Å². The molecule has 12 aromatic rings. The van der Waals surface area contributed by atoms with Crippen molar-refractivity contribution in [2.45, 2.75) is 27.7 Å². The molecule has 12 nitrogen and oxygen atoms in total. The Bertz CT molecular complexity index is 3120. The van der Waals surface area contributed by atoms with Gasteiger partial charge in [0.1, 0.15) is 23.0 Å². The van der Waals surface area contributed by atoms with Gasteiger partial charge in [0, 0.05) is 71.8 Å². The Hall–Kier alpha value is -10.2. The quantitative estimate of drug-likeness (QED) is 0.129. The van der Waals surface area contributed by atoms with E-state index in [0.29, 0.717) is 44.5 Å². The first-order valence-corrected chi connectivity index (χ1v) is 26.4. The summed E-state index contributed by atoms with van der Waals surface area (Å²) in [5, 5.41) is 84.0. The first-order valence-electron chi connectivity index (χ1n) is 26.4. The molecular formula is C72H64Co2N4O8. The second kappa shape index (κ2) is 39.3. The second-order valence-electron chi connectivity index (χ2n) is 18.2. The van der Waals surface area contributed by atoms with Gasteiger partial charge in [-0.05, 0) is 145 Å². The summed E-state index contributed by atoms with van der Waals surface area (Å²) >= 11 is 0. The van der Waals surface area contributed by atoms with E-state index in [9.17, 15) is 40.9 Å². The molecule has 0 unspecified atom stereocenters. The zero-order valence-electron chi connectivity index (χ0n) is 47.6. The normalized spacial score (nSPS) is 9.35. The van der Waals surface area contributed by atoms with Crippen LogP contribution in [0.1, 0.15) is 22.3 Å². The number of aromatic nitrogens is 4. The summed E-state index contributed by atoms with van der Waals surface area (Å²) in [6, 6.07) is 69.7. The number of para-hydroxylation sites is 8. The van der Waals surface area contributed by atoms with Crippen LogP contribution in [0.15, 0.2) is 292 Å². The van der Waals surface area contributed by atoms with Gasteiger partial charge in [-0.1, -0.05) is 170 Å². The maximum atomic E-state index is 11.4. The van der Waals surface area contributed by atoms with Gasteiger partial charge in [-0.3, -0.25) is 19.9 Å². The van der Waals surface area contributed by atoms with Crippen LogP contribution in [0.2, 0.25) is 0 Å². The number of benzene rings is 8. The number of rotatable bonds is 4. The molecular weight excluding hydrogens is 1170 g/mol. The number of hydrogen-bond donors (Lipinski definition) is 4. The monoisotopic (exact) mass is 1230 g/mol. The van der Waals surface area contributed by atoms with E-state index in [4.69, 9.17) is 0 Å². The number of nitrogens with zero attached hydrogens (tertiary/aromatic N) is 4. The van der Waals surface area contributed by atoms with Crippen LogP contribution in [0.5, 0.6) is 46.0 Å². The van der Waals surface area contributed by atoms with E-state index in [1.165, 1.54) is 46.5 Å². The smallest absolute Gasteiger partial charge is 0.872 e. The van der Waals surface area contributed by atoms with Crippen molar-refractivity contribution in [3.63, 3.8) is 0 Å². The summed E-state index contributed by atoms with van der Waals surface area (Å²) in [6.07, 6.45) is 14.3.